The van der Waals surface area contributed by atoms with Gasteiger partial charge in [0.05, 0.1) is 24.0 Å². The van der Waals surface area contributed by atoms with Crippen LogP contribution in [0.5, 0.6) is 5.75 Å². The first-order chi connectivity index (χ1) is 12.0. The Morgan fingerprint density at radius 1 is 1.24 bits per heavy atom. The van der Waals surface area contributed by atoms with Crippen LogP contribution in [0.15, 0.2) is 36.5 Å². The van der Waals surface area contributed by atoms with Crippen LogP contribution in [0.25, 0.3) is 22.2 Å². The topological polar surface area (TPSA) is 76.1 Å². The molecule has 3 rings (SSSR count). The number of nitrogens with zero attached hydrogens (tertiary/aromatic N) is 2. The maximum absolute atomic E-state index is 11.4. The van der Waals surface area contributed by atoms with Crippen molar-refractivity contribution in [1.29, 1.82) is 0 Å². The number of pyridine rings is 2. The van der Waals surface area contributed by atoms with Crippen LogP contribution >= 0.6 is 0 Å². The van der Waals surface area contributed by atoms with Crippen molar-refractivity contribution in [2.75, 3.05) is 24.8 Å². The Morgan fingerprint density at radius 2 is 2.04 bits per heavy atom. The molecule has 6 heteroatoms. The molecule has 2 aromatic heterocycles. The normalized spacial score (nSPS) is 10.6. The smallest absolute Gasteiger partial charge is 0.221 e. The fraction of sp³-hybridized carbons (Fsp3) is 0.211. The molecular weight excluding hydrogens is 316 g/mol. The third-order valence-electron chi connectivity index (χ3n) is 3.97. The molecular formula is C19H20N4O2. The molecule has 3 aromatic rings. The van der Waals surface area contributed by atoms with E-state index >= 15 is 0 Å². The molecule has 0 aliphatic rings. The summed E-state index contributed by atoms with van der Waals surface area (Å²) in [5.41, 5.74) is 4.25. The molecule has 128 valence electrons. The summed E-state index contributed by atoms with van der Waals surface area (Å²) in [5, 5.41) is 6.85. The zero-order chi connectivity index (χ0) is 18.0. The molecule has 0 aliphatic heterocycles. The highest BCUT2D eigenvalue weighted by molar-refractivity contribution is 5.96. The summed E-state index contributed by atoms with van der Waals surface area (Å²) < 4.78 is 5.41. The monoisotopic (exact) mass is 336 g/mol. The first-order valence-electron chi connectivity index (χ1n) is 7.93. The average molecular weight is 336 g/mol. The lowest BCUT2D eigenvalue weighted by Gasteiger charge is -2.14. The molecule has 0 fully saturated rings. The van der Waals surface area contributed by atoms with E-state index in [2.05, 4.69) is 15.6 Å². The number of nitrogens with one attached hydrogen (secondary N) is 2. The van der Waals surface area contributed by atoms with Crippen LogP contribution in [0.1, 0.15) is 12.5 Å². The number of carbonyl (C=O) groups excluding carboxylic acids is 1. The van der Waals surface area contributed by atoms with Gasteiger partial charge in [-0.25, -0.2) is 9.97 Å². The average Bonchev–Trinajstić information content (AvgIpc) is 2.61. The number of fused-ring (bicyclic) bond motifs is 1. The first kappa shape index (κ1) is 16.7. The van der Waals surface area contributed by atoms with Gasteiger partial charge >= 0.3 is 0 Å². The van der Waals surface area contributed by atoms with Gasteiger partial charge in [0.1, 0.15) is 11.6 Å². The quantitative estimate of drug-likeness (QED) is 0.761. The third-order valence-corrected chi connectivity index (χ3v) is 3.97. The van der Waals surface area contributed by atoms with E-state index in [1.807, 2.05) is 44.3 Å². The molecule has 2 heterocycles. The highest BCUT2D eigenvalue weighted by atomic mass is 16.5. The number of rotatable bonds is 4. The van der Waals surface area contributed by atoms with Crippen LogP contribution < -0.4 is 15.4 Å². The van der Waals surface area contributed by atoms with E-state index in [4.69, 9.17) is 9.72 Å². The highest BCUT2D eigenvalue weighted by Gasteiger charge is 2.13. The van der Waals surface area contributed by atoms with Crippen LogP contribution in [0, 0.1) is 6.92 Å². The lowest BCUT2D eigenvalue weighted by Crippen LogP contribution is -2.07. The van der Waals surface area contributed by atoms with Crippen molar-refractivity contribution in [1.82, 2.24) is 9.97 Å². The minimum Gasteiger partial charge on any atom is -0.494 e. The number of ether oxygens (including phenoxy) is 1. The largest absolute Gasteiger partial charge is 0.494 e. The summed E-state index contributed by atoms with van der Waals surface area (Å²) in [7, 11) is 3.41. The maximum atomic E-state index is 11.4. The molecule has 0 spiro atoms. The fourth-order valence-corrected chi connectivity index (χ4v) is 2.83. The molecule has 0 unspecified atom stereocenters. The molecule has 0 bridgehead atoms. The summed E-state index contributed by atoms with van der Waals surface area (Å²) in [6.07, 6.45) is 1.74. The van der Waals surface area contributed by atoms with E-state index in [-0.39, 0.29) is 5.91 Å². The number of carbonyl (C=O) groups is 1. The van der Waals surface area contributed by atoms with Crippen LogP contribution in [0.4, 0.5) is 11.5 Å². The second-order valence-electron chi connectivity index (χ2n) is 5.72. The van der Waals surface area contributed by atoms with Gasteiger partial charge in [0.25, 0.3) is 0 Å². The second kappa shape index (κ2) is 6.76. The number of aromatic nitrogens is 2. The number of amides is 1. The van der Waals surface area contributed by atoms with Crippen LogP contribution in [-0.4, -0.2) is 30.0 Å². The van der Waals surface area contributed by atoms with Crippen LogP contribution in [0.3, 0.4) is 0 Å². The summed E-state index contributed by atoms with van der Waals surface area (Å²) in [4.78, 5) is 20.5. The minimum absolute atomic E-state index is 0.145. The van der Waals surface area contributed by atoms with Gasteiger partial charge in [0.2, 0.25) is 5.91 Å². The van der Waals surface area contributed by atoms with Gasteiger partial charge in [-0.1, -0.05) is 0 Å². The third kappa shape index (κ3) is 3.24. The van der Waals surface area contributed by atoms with Crippen molar-refractivity contribution in [3.8, 4) is 17.0 Å². The van der Waals surface area contributed by atoms with E-state index in [9.17, 15) is 4.79 Å². The predicted molar refractivity (Wildman–Crippen MR) is 100 cm³/mol. The number of aryl methyl sites for hydroxylation is 1. The molecule has 25 heavy (non-hydrogen) atoms. The molecule has 0 saturated heterocycles. The first-order valence-corrected chi connectivity index (χ1v) is 7.93. The molecule has 1 amide bonds. The van der Waals surface area contributed by atoms with E-state index in [1.165, 1.54) is 6.92 Å². The Labute approximate surface area is 146 Å². The van der Waals surface area contributed by atoms with Crippen molar-refractivity contribution in [3.05, 3.63) is 42.1 Å². The lowest BCUT2D eigenvalue weighted by molar-refractivity contribution is -0.114. The summed E-state index contributed by atoms with van der Waals surface area (Å²) in [6.45, 7) is 3.49. The minimum atomic E-state index is -0.145. The number of hydrogen-bond acceptors (Lipinski definition) is 5. The molecule has 2 N–H and O–H groups in total. The Bertz CT molecular complexity index is 954. The van der Waals surface area contributed by atoms with Gasteiger partial charge < -0.3 is 15.4 Å². The van der Waals surface area contributed by atoms with Gasteiger partial charge in [-0.3, -0.25) is 4.79 Å². The van der Waals surface area contributed by atoms with E-state index in [0.717, 1.165) is 33.5 Å². The van der Waals surface area contributed by atoms with E-state index < -0.39 is 0 Å². The van der Waals surface area contributed by atoms with Crippen LogP contribution in [0.2, 0.25) is 0 Å². The molecule has 1 aromatic carbocycles. The van der Waals surface area contributed by atoms with Crippen molar-refractivity contribution < 1.29 is 9.53 Å². The highest BCUT2D eigenvalue weighted by Crippen LogP contribution is 2.34. The van der Waals surface area contributed by atoms with Gasteiger partial charge in [-0.15, -0.1) is 0 Å². The molecule has 6 nitrogen and oxygen atoms in total. The van der Waals surface area contributed by atoms with E-state index in [0.29, 0.717) is 11.4 Å². The number of anilines is 2. The SMILES string of the molecule is CNc1ncccc1-c1cc(C)c2cc(NC(C)=O)c(OC)cc2n1. The summed E-state index contributed by atoms with van der Waals surface area (Å²) in [6, 6.07) is 9.62. The zero-order valence-electron chi connectivity index (χ0n) is 14.7. The Hall–Kier alpha value is -3.15. The molecule has 0 saturated carbocycles. The van der Waals surface area contributed by atoms with Gasteiger partial charge in [-0.2, -0.15) is 0 Å². The Balaban J connectivity index is 2.21. The molecule has 0 radical (unpaired) electrons. The number of benzene rings is 1. The molecule has 0 atom stereocenters. The second-order valence-corrected chi connectivity index (χ2v) is 5.72. The van der Waals surface area contributed by atoms with Gasteiger partial charge in [-0.05, 0) is 36.8 Å². The van der Waals surface area contributed by atoms with Crippen molar-refractivity contribution in [2.24, 2.45) is 0 Å². The predicted octanol–water partition coefficient (Wildman–Crippen LogP) is 3.61. The maximum Gasteiger partial charge on any atom is 0.221 e. The number of hydrogen-bond donors (Lipinski definition) is 2. The van der Waals surface area contributed by atoms with Gasteiger partial charge in [0, 0.05) is 37.2 Å². The van der Waals surface area contributed by atoms with Crippen molar-refractivity contribution in [2.45, 2.75) is 13.8 Å². The molecule has 0 aliphatic carbocycles. The summed E-state index contributed by atoms with van der Waals surface area (Å²) >= 11 is 0. The van der Waals surface area contributed by atoms with Crippen molar-refractivity contribution >= 4 is 28.3 Å². The van der Waals surface area contributed by atoms with Crippen molar-refractivity contribution in [3.63, 3.8) is 0 Å². The Kier molecular flexibility index (Phi) is 4.52. The number of methoxy groups -OCH3 is 1. The Morgan fingerprint density at radius 3 is 2.72 bits per heavy atom. The van der Waals surface area contributed by atoms with Crippen LogP contribution in [-0.2, 0) is 4.79 Å². The van der Waals surface area contributed by atoms with E-state index in [1.54, 1.807) is 13.3 Å². The zero-order valence-corrected chi connectivity index (χ0v) is 14.7. The lowest BCUT2D eigenvalue weighted by atomic mass is 10.0. The standard InChI is InChI=1S/C19H20N4O2/c1-11-8-15(13-6-5-7-21-19(13)20-3)23-16-10-18(25-4)17(9-14(11)16)22-12(2)24/h5-10H,1-4H3,(H,20,21)(H,22,24). The fourth-order valence-electron chi connectivity index (χ4n) is 2.83. The van der Waals surface area contributed by atoms with Gasteiger partial charge in [0.15, 0.2) is 0 Å². The summed E-state index contributed by atoms with van der Waals surface area (Å²) in [5.74, 6) is 1.20.